The van der Waals surface area contributed by atoms with Crippen LogP contribution in [0, 0.1) is 0 Å². The number of Topliss-reactive ketones (excluding diaryl/α,β-unsaturated/α-hetero) is 1. The molecule has 1 aliphatic heterocycles. The average molecular weight is 323 g/mol. The smallest absolute Gasteiger partial charge is 0.192 e. The summed E-state index contributed by atoms with van der Waals surface area (Å²) in [6.07, 6.45) is 1.96. The van der Waals surface area contributed by atoms with Gasteiger partial charge in [0, 0.05) is 4.47 Å². The van der Waals surface area contributed by atoms with Crippen molar-refractivity contribution in [2.75, 3.05) is 5.75 Å². The van der Waals surface area contributed by atoms with Crippen molar-refractivity contribution in [2.45, 2.75) is 24.5 Å². The Bertz CT molecular complexity index is 504. The van der Waals surface area contributed by atoms with Gasteiger partial charge in [0.05, 0.1) is 10.6 Å². The minimum Gasteiger partial charge on any atom is -0.292 e. The third kappa shape index (κ3) is 2.24. The number of halogens is 1. The van der Waals surface area contributed by atoms with Gasteiger partial charge in [-0.05, 0) is 40.2 Å². The molecule has 0 radical (unpaired) electrons. The van der Waals surface area contributed by atoms with Crippen LogP contribution >= 0.6 is 27.3 Å². The van der Waals surface area contributed by atoms with Crippen molar-refractivity contribution in [1.82, 2.24) is 0 Å². The second-order valence-corrected chi connectivity index (χ2v) is 7.89. The van der Waals surface area contributed by atoms with E-state index in [1.165, 1.54) is 11.3 Å². The van der Waals surface area contributed by atoms with Gasteiger partial charge in [-0.15, -0.1) is 11.3 Å². The number of ketones is 1. The van der Waals surface area contributed by atoms with Gasteiger partial charge in [-0.3, -0.25) is 4.79 Å². The third-order valence-corrected chi connectivity index (χ3v) is 6.74. The van der Waals surface area contributed by atoms with Crippen LogP contribution in [0.15, 0.2) is 15.9 Å². The largest absolute Gasteiger partial charge is 0.292 e. The predicted octanol–water partition coefficient (Wildman–Crippen LogP) is 2.66. The highest BCUT2D eigenvalue weighted by Crippen LogP contribution is 2.29. The number of rotatable bonds is 2. The normalized spacial score (nSPS) is 24.2. The number of carbonyl (C=O) groups is 1. The van der Waals surface area contributed by atoms with Crippen LogP contribution in [0.5, 0.6) is 0 Å². The summed E-state index contributed by atoms with van der Waals surface area (Å²) >= 11 is 4.56. The fourth-order valence-electron chi connectivity index (χ4n) is 1.86. The minimum atomic E-state index is -3.23. The second kappa shape index (κ2) is 4.58. The van der Waals surface area contributed by atoms with Crippen molar-refractivity contribution in [3.05, 3.63) is 20.8 Å². The Balaban J connectivity index is 2.32. The molecule has 3 nitrogen and oxygen atoms in total. The summed E-state index contributed by atoms with van der Waals surface area (Å²) in [5, 5.41) is 0.962. The predicted molar refractivity (Wildman–Crippen MR) is 67.8 cm³/mol. The van der Waals surface area contributed by atoms with Crippen LogP contribution in [0.1, 0.15) is 28.9 Å². The molecule has 0 saturated carbocycles. The Labute approximate surface area is 107 Å². The Morgan fingerprint density at radius 1 is 1.44 bits per heavy atom. The van der Waals surface area contributed by atoms with Crippen LogP contribution in [0.4, 0.5) is 0 Å². The van der Waals surface area contributed by atoms with Crippen molar-refractivity contribution in [1.29, 1.82) is 0 Å². The summed E-state index contributed by atoms with van der Waals surface area (Å²) in [7, 11) is -3.23. The summed E-state index contributed by atoms with van der Waals surface area (Å²) in [6.45, 7) is 0. The van der Waals surface area contributed by atoms with Crippen LogP contribution in [0.3, 0.4) is 0 Å². The Hall–Kier alpha value is -0.200. The molecule has 1 fully saturated rings. The average Bonchev–Trinajstić information content (AvgIpc) is 2.63. The maximum atomic E-state index is 12.1. The lowest BCUT2D eigenvalue weighted by Crippen LogP contribution is -2.35. The molecule has 16 heavy (non-hydrogen) atoms. The molecule has 0 N–H and O–H groups in total. The van der Waals surface area contributed by atoms with Crippen LogP contribution in [0.25, 0.3) is 0 Å². The zero-order valence-electron chi connectivity index (χ0n) is 8.48. The fraction of sp³-hybridized carbons (Fsp3) is 0.500. The first kappa shape index (κ1) is 12.3. The van der Waals surface area contributed by atoms with Gasteiger partial charge in [-0.2, -0.15) is 0 Å². The monoisotopic (exact) mass is 322 g/mol. The molecule has 1 atom stereocenters. The van der Waals surface area contributed by atoms with Crippen molar-refractivity contribution in [3.8, 4) is 0 Å². The quantitative estimate of drug-likeness (QED) is 0.786. The molecule has 6 heteroatoms. The highest BCUT2D eigenvalue weighted by molar-refractivity contribution is 9.10. The standard InChI is InChI=1S/C10H11BrO3S2/c11-7-4-5-15-10(7)9(12)8-3-1-2-6-16(8,13)14/h4-5,8H,1-3,6H2. The molecule has 1 saturated heterocycles. The molecule has 1 aromatic heterocycles. The zero-order chi connectivity index (χ0) is 11.8. The van der Waals surface area contributed by atoms with Gasteiger partial charge in [0.25, 0.3) is 0 Å². The lowest BCUT2D eigenvalue weighted by molar-refractivity contribution is 0.0985. The summed E-state index contributed by atoms with van der Waals surface area (Å²) in [4.78, 5) is 12.6. The number of hydrogen-bond donors (Lipinski definition) is 0. The first-order valence-corrected chi connectivity index (χ1v) is 8.40. The van der Waals surface area contributed by atoms with Gasteiger partial charge >= 0.3 is 0 Å². The van der Waals surface area contributed by atoms with Crippen LogP contribution in [0.2, 0.25) is 0 Å². The van der Waals surface area contributed by atoms with Gasteiger partial charge < -0.3 is 0 Å². The molecule has 88 valence electrons. The Morgan fingerprint density at radius 2 is 2.19 bits per heavy atom. The minimum absolute atomic E-state index is 0.145. The zero-order valence-corrected chi connectivity index (χ0v) is 11.7. The third-order valence-electron chi connectivity index (χ3n) is 2.71. The van der Waals surface area contributed by atoms with E-state index in [1.54, 1.807) is 11.4 Å². The molecule has 1 aromatic rings. The first-order valence-electron chi connectivity index (χ1n) is 5.01. The lowest BCUT2D eigenvalue weighted by atomic mass is 10.1. The fourth-order valence-corrected chi connectivity index (χ4v) is 5.36. The van der Waals surface area contributed by atoms with Gasteiger partial charge in [-0.25, -0.2) is 8.42 Å². The number of thiophene rings is 1. The summed E-state index contributed by atoms with van der Waals surface area (Å²) in [5.41, 5.74) is 0. The molecule has 2 rings (SSSR count). The molecule has 1 aliphatic rings. The van der Waals surface area contributed by atoms with Crippen LogP contribution < -0.4 is 0 Å². The van der Waals surface area contributed by atoms with Gasteiger partial charge in [0.1, 0.15) is 5.25 Å². The number of hydrogen-bond acceptors (Lipinski definition) is 4. The first-order chi connectivity index (χ1) is 7.52. The van der Waals surface area contributed by atoms with E-state index in [4.69, 9.17) is 0 Å². The lowest BCUT2D eigenvalue weighted by Gasteiger charge is -2.20. The van der Waals surface area contributed by atoms with Gasteiger partial charge in [-0.1, -0.05) is 6.42 Å². The molecule has 0 spiro atoms. The number of carbonyl (C=O) groups excluding carboxylic acids is 1. The molecule has 2 heterocycles. The van der Waals surface area contributed by atoms with Crippen molar-refractivity contribution >= 4 is 42.9 Å². The molecule has 0 aromatic carbocycles. The van der Waals surface area contributed by atoms with E-state index in [0.29, 0.717) is 22.2 Å². The summed E-state index contributed by atoms with van der Waals surface area (Å²) in [6, 6.07) is 1.77. The molecular weight excluding hydrogens is 312 g/mol. The van der Waals surface area contributed by atoms with Crippen molar-refractivity contribution in [3.63, 3.8) is 0 Å². The van der Waals surface area contributed by atoms with Crippen LogP contribution in [-0.2, 0) is 9.84 Å². The van der Waals surface area contributed by atoms with Crippen LogP contribution in [-0.4, -0.2) is 25.2 Å². The SMILES string of the molecule is O=C(c1sccc1Br)C1CCCCS1(=O)=O. The highest BCUT2D eigenvalue weighted by atomic mass is 79.9. The van der Waals surface area contributed by atoms with E-state index in [1.807, 2.05) is 0 Å². The summed E-state index contributed by atoms with van der Waals surface area (Å²) in [5.74, 6) is -0.103. The molecule has 1 unspecified atom stereocenters. The molecule has 0 bridgehead atoms. The van der Waals surface area contributed by atoms with E-state index in [-0.39, 0.29) is 11.5 Å². The van der Waals surface area contributed by atoms with Crippen molar-refractivity contribution in [2.24, 2.45) is 0 Å². The highest BCUT2D eigenvalue weighted by Gasteiger charge is 2.36. The maximum Gasteiger partial charge on any atom is 0.192 e. The number of sulfone groups is 1. The maximum absolute atomic E-state index is 12.1. The second-order valence-electron chi connectivity index (χ2n) is 3.81. The van der Waals surface area contributed by atoms with Gasteiger partial charge in [0.15, 0.2) is 15.6 Å². The van der Waals surface area contributed by atoms with Gasteiger partial charge in [0.2, 0.25) is 0 Å². The van der Waals surface area contributed by atoms with E-state index in [2.05, 4.69) is 15.9 Å². The molecule has 0 aliphatic carbocycles. The van der Waals surface area contributed by atoms with E-state index < -0.39 is 15.1 Å². The Kier molecular flexibility index (Phi) is 3.51. The molecular formula is C10H11BrO3S2. The summed E-state index contributed by atoms with van der Waals surface area (Å²) < 4.78 is 24.3. The van der Waals surface area contributed by atoms with E-state index in [9.17, 15) is 13.2 Å². The Morgan fingerprint density at radius 3 is 2.75 bits per heavy atom. The topological polar surface area (TPSA) is 51.2 Å². The van der Waals surface area contributed by atoms with E-state index in [0.717, 1.165) is 6.42 Å². The molecule has 0 amide bonds. The van der Waals surface area contributed by atoms with E-state index >= 15 is 0 Å². The van der Waals surface area contributed by atoms with Crippen molar-refractivity contribution < 1.29 is 13.2 Å².